The molecule has 0 radical (unpaired) electrons. The highest BCUT2D eigenvalue weighted by Crippen LogP contribution is 2.27. The summed E-state index contributed by atoms with van der Waals surface area (Å²) in [4.78, 5) is 0. The molecular weight excluding hydrogens is 207 g/mol. The number of ether oxygens (including phenoxy) is 1. The van der Waals surface area contributed by atoms with E-state index in [1.165, 1.54) is 6.07 Å². The number of nitrogens with zero attached hydrogens (tertiary/aromatic N) is 1. The Kier molecular flexibility index (Phi) is 2.80. The fraction of sp³-hybridized carbons (Fsp3) is 0.417. The molecule has 0 saturated carbocycles. The summed E-state index contributed by atoms with van der Waals surface area (Å²) in [7, 11) is 0. The first-order valence-corrected chi connectivity index (χ1v) is 5.15. The predicted octanol–water partition coefficient (Wildman–Crippen LogP) is 2.15. The van der Waals surface area contributed by atoms with Crippen molar-refractivity contribution in [3.63, 3.8) is 0 Å². The molecule has 4 heteroatoms. The number of hydrogen-bond donors (Lipinski definition) is 1. The molecule has 0 amide bonds. The number of nitrogens with one attached hydrogen (secondary N) is 1. The first-order valence-electron chi connectivity index (χ1n) is 5.15. The van der Waals surface area contributed by atoms with E-state index in [2.05, 4.69) is 12.2 Å². The van der Waals surface area contributed by atoms with Crippen molar-refractivity contribution < 1.29 is 9.13 Å². The molecule has 16 heavy (non-hydrogen) atoms. The van der Waals surface area contributed by atoms with Gasteiger partial charge in [0.2, 0.25) is 0 Å². The second-order valence-corrected chi connectivity index (χ2v) is 4.43. The van der Waals surface area contributed by atoms with Crippen LogP contribution in [0.1, 0.15) is 12.5 Å². The summed E-state index contributed by atoms with van der Waals surface area (Å²) < 4.78 is 18.4. The van der Waals surface area contributed by atoms with Gasteiger partial charge in [0.1, 0.15) is 17.4 Å². The van der Waals surface area contributed by atoms with Gasteiger partial charge in [-0.25, -0.2) is 4.39 Å². The van der Waals surface area contributed by atoms with Crippen LogP contribution in [0.2, 0.25) is 0 Å². The zero-order valence-corrected chi connectivity index (χ0v) is 9.09. The second-order valence-electron chi connectivity index (χ2n) is 4.43. The average Bonchev–Trinajstić information content (AvgIpc) is 2.24. The number of benzene rings is 1. The van der Waals surface area contributed by atoms with Gasteiger partial charge in [0.05, 0.1) is 18.9 Å². The molecule has 0 aromatic heterocycles. The molecule has 0 unspecified atom stereocenters. The van der Waals surface area contributed by atoms with Crippen LogP contribution in [-0.4, -0.2) is 19.8 Å². The quantitative estimate of drug-likeness (QED) is 0.848. The van der Waals surface area contributed by atoms with E-state index in [1.807, 2.05) is 6.07 Å². The molecule has 3 nitrogen and oxygen atoms in total. The molecule has 1 aromatic carbocycles. The molecular formula is C12H13FN2O. The van der Waals surface area contributed by atoms with Crippen LogP contribution in [0.5, 0.6) is 0 Å². The summed E-state index contributed by atoms with van der Waals surface area (Å²) in [6.45, 7) is 4.19. The third-order valence-corrected chi connectivity index (χ3v) is 2.73. The Labute approximate surface area is 93.8 Å². The van der Waals surface area contributed by atoms with E-state index in [0.29, 0.717) is 25.4 Å². The van der Waals surface area contributed by atoms with Crippen LogP contribution in [0.15, 0.2) is 18.2 Å². The number of anilines is 1. The summed E-state index contributed by atoms with van der Waals surface area (Å²) in [6.07, 6.45) is 0. The van der Waals surface area contributed by atoms with Crippen molar-refractivity contribution in [2.45, 2.75) is 6.92 Å². The third kappa shape index (κ3) is 2.00. The highest BCUT2D eigenvalue weighted by molar-refractivity contribution is 5.58. The van der Waals surface area contributed by atoms with Gasteiger partial charge in [-0.1, -0.05) is 13.0 Å². The molecule has 1 fully saturated rings. The third-order valence-electron chi connectivity index (χ3n) is 2.73. The highest BCUT2D eigenvalue weighted by atomic mass is 19.1. The maximum atomic E-state index is 13.3. The fourth-order valence-corrected chi connectivity index (χ4v) is 1.65. The minimum Gasteiger partial charge on any atom is -0.383 e. The van der Waals surface area contributed by atoms with Crippen LogP contribution in [0.25, 0.3) is 0 Å². The van der Waals surface area contributed by atoms with E-state index in [0.717, 1.165) is 0 Å². The van der Waals surface area contributed by atoms with Crippen LogP contribution in [-0.2, 0) is 4.74 Å². The zero-order chi connectivity index (χ0) is 11.6. The lowest BCUT2D eigenvalue weighted by Crippen LogP contribution is -2.45. The van der Waals surface area contributed by atoms with Gasteiger partial charge in [-0.05, 0) is 12.1 Å². The van der Waals surface area contributed by atoms with Crippen molar-refractivity contribution >= 4 is 5.69 Å². The van der Waals surface area contributed by atoms with Gasteiger partial charge >= 0.3 is 0 Å². The number of hydrogen-bond acceptors (Lipinski definition) is 3. The summed E-state index contributed by atoms with van der Waals surface area (Å²) in [5.41, 5.74) is 0.723. The smallest absolute Gasteiger partial charge is 0.143 e. The first kappa shape index (κ1) is 10.9. The van der Waals surface area contributed by atoms with E-state index < -0.39 is 5.82 Å². The Morgan fingerprint density at radius 2 is 2.31 bits per heavy atom. The molecule has 0 bridgehead atoms. The standard InChI is InChI=1S/C12H13FN2O/c1-12(7-16-8-12)6-15-11-4-2-3-10(13)9(11)5-14/h2-4,15H,6-8H2,1H3. The topological polar surface area (TPSA) is 45.0 Å². The summed E-state index contributed by atoms with van der Waals surface area (Å²) in [5.74, 6) is -0.484. The monoisotopic (exact) mass is 220 g/mol. The van der Waals surface area contributed by atoms with Gasteiger partial charge in [-0.15, -0.1) is 0 Å². The summed E-state index contributed by atoms with van der Waals surface area (Å²) >= 11 is 0. The maximum Gasteiger partial charge on any atom is 0.143 e. The van der Waals surface area contributed by atoms with Gasteiger partial charge in [0, 0.05) is 12.0 Å². The maximum absolute atomic E-state index is 13.3. The lowest BCUT2D eigenvalue weighted by atomic mass is 9.88. The second kappa shape index (κ2) is 4.11. The normalized spacial score (nSPS) is 17.3. The lowest BCUT2D eigenvalue weighted by molar-refractivity contribution is -0.0924. The van der Waals surface area contributed by atoms with Gasteiger partial charge in [-0.2, -0.15) is 5.26 Å². The van der Waals surface area contributed by atoms with Crippen LogP contribution in [0, 0.1) is 22.6 Å². The van der Waals surface area contributed by atoms with E-state index in [1.54, 1.807) is 12.1 Å². The molecule has 84 valence electrons. The SMILES string of the molecule is CC1(CNc2cccc(F)c2C#N)COC1. The number of rotatable bonds is 3. The van der Waals surface area contributed by atoms with Crippen molar-refractivity contribution in [2.24, 2.45) is 5.41 Å². The molecule has 0 spiro atoms. The minimum absolute atomic E-state index is 0.0753. The van der Waals surface area contributed by atoms with Gasteiger partial charge in [0.15, 0.2) is 0 Å². The van der Waals surface area contributed by atoms with Crippen molar-refractivity contribution in [3.8, 4) is 6.07 Å². The van der Waals surface area contributed by atoms with E-state index in [9.17, 15) is 4.39 Å². The Balaban J connectivity index is 2.10. The first-order chi connectivity index (χ1) is 7.64. The van der Waals surface area contributed by atoms with E-state index in [-0.39, 0.29) is 11.0 Å². The average molecular weight is 220 g/mol. The minimum atomic E-state index is -0.484. The molecule has 2 rings (SSSR count). The van der Waals surface area contributed by atoms with Crippen molar-refractivity contribution in [2.75, 3.05) is 25.1 Å². The highest BCUT2D eigenvalue weighted by Gasteiger charge is 2.33. The van der Waals surface area contributed by atoms with Crippen LogP contribution < -0.4 is 5.32 Å². The molecule has 1 aliphatic rings. The zero-order valence-electron chi connectivity index (χ0n) is 9.09. The molecule has 0 atom stereocenters. The fourth-order valence-electron chi connectivity index (χ4n) is 1.65. The molecule has 1 aromatic rings. The lowest BCUT2D eigenvalue weighted by Gasteiger charge is -2.38. The Hall–Kier alpha value is -1.60. The van der Waals surface area contributed by atoms with Gasteiger partial charge in [0.25, 0.3) is 0 Å². The van der Waals surface area contributed by atoms with Crippen molar-refractivity contribution in [1.29, 1.82) is 5.26 Å². The summed E-state index contributed by atoms with van der Waals surface area (Å²) in [5, 5.41) is 12.0. The Bertz CT molecular complexity index is 435. The van der Waals surface area contributed by atoms with Crippen molar-refractivity contribution in [1.82, 2.24) is 0 Å². The largest absolute Gasteiger partial charge is 0.383 e. The van der Waals surface area contributed by atoms with Crippen molar-refractivity contribution in [3.05, 3.63) is 29.6 Å². The van der Waals surface area contributed by atoms with Gasteiger partial charge in [-0.3, -0.25) is 0 Å². The number of halogens is 1. The molecule has 1 saturated heterocycles. The van der Waals surface area contributed by atoms with Gasteiger partial charge < -0.3 is 10.1 Å². The number of nitriles is 1. The summed E-state index contributed by atoms with van der Waals surface area (Å²) in [6, 6.07) is 6.47. The molecule has 1 heterocycles. The van der Waals surface area contributed by atoms with E-state index >= 15 is 0 Å². The predicted molar refractivity (Wildman–Crippen MR) is 58.5 cm³/mol. The Morgan fingerprint density at radius 1 is 1.56 bits per heavy atom. The van der Waals surface area contributed by atoms with Crippen LogP contribution in [0.4, 0.5) is 10.1 Å². The Morgan fingerprint density at radius 3 is 2.88 bits per heavy atom. The molecule has 1 aliphatic heterocycles. The van der Waals surface area contributed by atoms with E-state index in [4.69, 9.17) is 10.00 Å². The van der Waals surface area contributed by atoms with Crippen LogP contribution >= 0.6 is 0 Å². The molecule has 0 aliphatic carbocycles. The molecule has 1 N–H and O–H groups in total. The van der Waals surface area contributed by atoms with Crippen LogP contribution in [0.3, 0.4) is 0 Å².